The van der Waals surface area contributed by atoms with Crippen molar-refractivity contribution in [1.82, 2.24) is 0 Å². The first-order valence-corrected chi connectivity index (χ1v) is 8.02. The second-order valence-corrected chi connectivity index (χ2v) is 8.14. The number of hydrogen-bond acceptors (Lipinski definition) is 2. The molecule has 3 rings (SSSR count). The number of aliphatic hydroxyl groups is 2. The summed E-state index contributed by atoms with van der Waals surface area (Å²) >= 11 is 0. The largest absolute Gasteiger partial charge is 0.396 e. The molecule has 1 fully saturated rings. The van der Waals surface area contributed by atoms with Crippen molar-refractivity contribution in [2.24, 2.45) is 22.2 Å². The Morgan fingerprint density at radius 2 is 1.90 bits per heavy atom. The average molecular weight is 276 g/mol. The molecule has 1 saturated carbocycles. The Kier molecular flexibility index (Phi) is 3.02. The topological polar surface area (TPSA) is 40.5 Å². The molecule has 1 spiro atoms. The minimum atomic E-state index is -0.734. The number of unbranched alkanes of at least 4 members (excludes halogenated alkanes) is 1. The summed E-state index contributed by atoms with van der Waals surface area (Å²) in [4.78, 5) is 0. The second kappa shape index (κ2) is 4.20. The minimum Gasteiger partial charge on any atom is -0.396 e. The van der Waals surface area contributed by atoms with Crippen LogP contribution in [-0.2, 0) is 0 Å². The number of rotatable bonds is 4. The van der Waals surface area contributed by atoms with Gasteiger partial charge < -0.3 is 10.2 Å². The standard InChI is InChI=1S/C18H28O2/c1-15(2)13-16(3)8-6-10-18(16)14(15)7-11-17(18,20)9-4-5-12-19/h6-7,10-11,14,19-20H,4-5,8-9,12-13H2,1-3H3/t14-,16-,17-,18+/m1/s1. The number of allylic oxidation sites excluding steroid dienone is 2. The third kappa shape index (κ3) is 1.52. The van der Waals surface area contributed by atoms with Gasteiger partial charge in [-0.1, -0.05) is 45.1 Å². The van der Waals surface area contributed by atoms with Crippen LogP contribution >= 0.6 is 0 Å². The molecule has 2 nitrogen and oxygen atoms in total. The van der Waals surface area contributed by atoms with Gasteiger partial charge in [0.2, 0.25) is 0 Å². The molecule has 0 aliphatic heterocycles. The van der Waals surface area contributed by atoms with Gasteiger partial charge in [0.1, 0.15) is 0 Å². The Morgan fingerprint density at radius 3 is 2.60 bits per heavy atom. The van der Waals surface area contributed by atoms with E-state index in [1.807, 2.05) is 0 Å². The maximum atomic E-state index is 11.4. The molecular weight excluding hydrogens is 248 g/mol. The van der Waals surface area contributed by atoms with Gasteiger partial charge in [-0.3, -0.25) is 0 Å². The molecule has 0 unspecified atom stereocenters. The third-order valence-corrected chi connectivity index (χ3v) is 6.37. The van der Waals surface area contributed by atoms with Crippen molar-refractivity contribution in [2.75, 3.05) is 6.61 Å². The molecule has 3 aliphatic rings. The van der Waals surface area contributed by atoms with E-state index >= 15 is 0 Å². The molecule has 0 radical (unpaired) electrons. The van der Waals surface area contributed by atoms with Crippen LogP contribution in [0.5, 0.6) is 0 Å². The quantitative estimate of drug-likeness (QED) is 0.610. The van der Waals surface area contributed by atoms with Crippen molar-refractivity contribution in [3.05, 3.63) is 24.3 Å². The van der Waals surface area contributed by atoms with Crippen LogP contribution in [0, 0.1) is 22.2 Å². The minimum absolute atomic E-state index is 0.126. The first kappa shape index (κ1) is 14.3. The van der Waals surface area contributed by atoms with Gasteiger partial charge in [0, 0.05) is 12.0 Å². The van der Waals surface area contributed by atoms with E-state index < -0.39 is 5.60 Å². The molecule has 0 aromatic heterocycles. The fourth-order valence-corrected chi connectivity index (χ4v) is 5.84. The van der Waals surface area contributed by atoms with Crippen LogP contribution in [0.4, 0.5) is 0 Å². The zero-order valence-corrected chi connectivity index (χ0v) is 13.0. The van der Waals surface area contributed by atoms with Crippen molar-refractivity contribution in [1.29, 1.82) is 0 Å². The van der Waals surface area contributed by atoms with Crippen LogP contribution in [0.3, 0.4) is 0 Å². The monoisotopic (exact) mass is 276 g/mol. The highest BCUT2D eigenvalue weighted by atomic mass is 16.3. The van der Waals surface area contributed by atoms with E-state index in [2.05, 4.69) is 45.1 Å². The second-order valence-electron chi connectivity index (χ2n) is 8.14. The summed E-state index contributed by atoms with van der Waals surface area (Å²) in [6.45, 7) is 7.27. The Hall–Kier alpha value is -0.600. The summed E-state index contributed by atoms with van der Waals surface area (Å²) in [7, 11) is 0. The Bertz CT molecular complexity index is 464. The Morgan fingerprint density at radius 1 is 1.15 bits per heavy atom. The van der Waals surface area contributed by atoms with Crippen molar-refractivity contribution >= 4 is 0 Å². The molecule has 0 amide bonds. The summed E-state index contributed by atoms with van der Waals surface area (Å²) in [6.07, 6.45) is 13.6. The number of hydrogen-bond donors (Lipinski definition) is 2. The third-order valence-electron chi connectivity index (χ3n) is 6.37. The van der Waals surface area contributed by atoms with E-state index in [-0.39, 0.29) is 22.9 Å². The van der Waals surface area contributed by atoms with Crippen LogP contribution < -0.4 is 0 Å². The summed E-state index contributed by atoms with van der Waals surface area (Å²) in [5, 5.41) is 20.4. The van der Waals surface area contributed by atoms with Gasteiger partial charge in [0.15, 0.2) is 0 Å². The van der Waals surface area contributed by atoms with Crippen LogP contribution in [-0.4, -0.2) is 22.4 Å². The maximum Gasteiger partial charge on any atom is 0.0929 e. The smallest absolute Gasteiger partial charge is 0.0929 e. The molecule has 3 aliphatic carbocycles. The summed E-state index contributed by atoms with van der Waals surface area (Å²) in [6, 6.07) is 0. The van der Waals surface area contributed by atoms with Crippen LogP contribution in [0.2, 0.25) is 0 Å². The Labute approximate surface area is 122 Å². The zero-order chi connectivity index (χ0) is 14.6. The molecule has 112 valence electrons. The van der Waals surface area contributed by atoms with E-state index in [1.54, 1.807) is 0 Å². The number of aliphatic hydroxyl groups excluding tert-OH is 1. The fourth-order valence-electron chi connectivity index (χ4n) is 5.84. The first-order chi connectivity index (χ1) is 9.31. The predicted molar refractivity (Wildman–Crippen MR) is 81.2 cm³/mol. The van der Waals surface area contributed by atoms with Crippen LogP contribution in [0.25, 0.3) is 0 Å². The lowest BCUT2D eigenvalue weighted by molar-refractivity contribution is -0.0770. The first-order valence-electron chi connectivity index (χ1n) is 8.02. The molecule has 4 atom stereocenters. The van der Waals surface area contributed by atoms with Crippen molar-refractivity contribution in [3.8, 4) is 0 Å². The van der Waals surface area contributed by atoms with Gasteiger partial charge in [0.05, 0.1) is 5.60 Å². The van der Waals surface area contributed by atoms with E-state index in [9.17, 15) is 5.11 Å². The van der Waals surface area contributed by atoms with E-state index in [0.29, 0.717) is 5.92 Å². The van der Waals surface area contributed by atoms with Crippen LogP contribution in [0.15, 0.2) is 24.3 Å². The molecule has 0 aromatic rings. The molecule has 0 aromatic carbocycles. The molecule has 20 heavy (non-hydrogen) atoms. The summed E-state index contributed by atoms with van der Waals surface area (Å²) < 4.78 is 0. The Balaban J connectivity index is 2.00. The molecule has 0 bridgehead atoms. The van der Waals surface area contributed by atoms with Gasteiger partial charge in [0.25, 0.3) is 0 Å². The van der Waals surface area contributed by atoms with Gasteiger partial charge in [-0.25, -0.2) is 0 Å². The molecule has 0 saturated heterocycles. The lowest BCUT2D eigenvalue weighted by Gasteiger charge is -2.48. The lowest BCUT2D eigenvalue weighted by Crippen LogP contribution is -2.51. The molecule has 2 heteroatoms. The summed E-state index contributed by atoms with van der Waals surface area (Å²) in [5.41, 5.74) is -0.447. The lowest BCUT2D eigenvalue weighted by atomic mass is 9.58. The SMILES string of the molecule is CC1(C)C[C@@]2(C)CC=C[C@]23[C@@H]1C=C[C@]3(O)CCCCO. The molecular formula is C18H28O2. The van der Waals surface area contributed by atoms with E-state index in [0.717, 1.165) is 25.7 Å². The molecule has 2 N–H and O–H groups in total. The van der Waals surface area contributed by atoms with Crippen molar-refractivity contribution in [2.45, 2.75) is 58.5 Å². The van der Waals surface area contributed by atoms with Gasteiger partial charge in [-0.15, -0.1) is 0 Å². The predicted octanol–water partition coefficient (Wildman–Crippen LogP) is 3.45. The van der Waals surface area contributed by atoms with E-state index in [4.69, 9.17) is 5.11 Å². The highest BCUT2D eigenvalue weighted by Crippen LogP contribution is 2.75. The van der Waals surface area contributed by atoms with Crippen molar-refractivity contribution in [3.63, 3.8) is 0 Å². The van der Waals surface area contributed by atoms with E-state index in [1.165, 1.54) is 6.42 Å². The van der Waals surface area contributed by atoms with Gasteiger partial charge in [-0.2, -0.15) is 0 Å². The highest BCUT2D eigenvalue weighted by Gasteiger charge is 2.72. The maximum absolute atomic E-state index is 11.4. The normalized spacial score (nSPS) is 47.8. The van der Waals surface area contributed by atoms with Crippen molar-refractivity contribution < 1.29 is 10.2 Å². The highest BCUT2D eigenvalue weighted by molar-refractivity contribution is 5.40. The molecule has 0 heterocycles. The van der Waals surface area contributed by atoms with Crippen LogP contribution in [0.1, 0.15) is 52.9 Å². The van der Waals surface area contributed by atoms with Gasteiger partial charge in [-0.05, 0) is 48.9 Å². The average Bonchev–Trinajstić information content (AvgIpc) is 2.86. The zero-order valence-electron chi connectivity index (χ0n) is 13.0. The summed E-state index contributed by atoms with van der Waals surface area (Å²) in [5.74, 6) is 0.429. The fraction of sp³-hybridized carbons (Fsp3) is 0.778. The van der Waals surface area contributed by atoms with Gasteiger partial charge >= 0.3 is 0 Å².